The number of hydrogen-bond donors (Lipinski definition) is 2. The Labute approximate surface area is 174 Å². The first-order valence-electron chi connectivity index (χ1n) is 9.12. The Balaban J connectivity index is 1.70. The number of thiophene rings is 1. The van der Waals surface area contributed by atoms with E-state index in [0.29, 0.717) is 21.8 Å². The van der Waals surface area contributed by atoms with Crippen LogP contribution in [0.3, 0.4) is 0 Å². The van der Waals surface area contributed by atoms with Crippen molar-refractivity contribution in [3.8, 4) is 5.75 Å². The van der Waals surface area contributed by atoms with Gasteiger partial charge >= 0.3 is 5.69 Å². The second kappa shape index (κ2) is 7.99. The number of H-pyrrole nitrogens is 1. The quantitative estimate of drug-likeness (QED) is 0.491. The average molecular weight is 425 g/mol. The third-order valence-corrected chi connectivity index (χ3v) is 5.50. The summed E-state index contributed by atoms with van der Waals surface area (Å²) in [4.78, 5) is 38.5. The number of hydrogen-bond acceptors (Lipinski definition) is 6. The molecule has 3 aromatic heterocycles. The standard InChI is InChI=1S/C20H19N5O4S/c1-12-9-16(23-22-12)21-17(26)11-24-15-7-8-30-18(15)19(27)25(20(24)28)10-13-3-5-14(29-2)6-4-13/h3-9H,10-11H2,1-2H3,(H2,21,22,23,26). The van der Waals surface area contributed by atoms with E-state index in [4.69, 9.17) is 4.74 Å². The molecule has 0 unspecified atom stereocenters. The van der Waals surface area contributed by atoms with E-state index in [1.807, 2.05) is 6.92 Å². The number of rotatable bonds is 6. The Morgan fingerprint density at radius 3 is 2.63 bits per heavy atom. The van der Waals surface area contributed by atoms with Crippen LogP contribution in [0.2, 0.25) is 0 Å². The van der Waals surface area contributed by atoms with Gasteiger partial charge in [-0.15, -0.1) is 11.3 Å². The van der Waals surface area contributed by atoms with Crippen molar-refractivity contribution < 1.29 is 9.53 Å². The van der Waals surface area contributed by atoms with Crippen LogP contribution in [-0.2, 0) is 17.9 Å². The van der Waals surface area contributed by atoms with E-state index in [2.05, 4.69) is 15.5 Å². The number of carbonyl (C=O) groups is 1. The fraction of sp³-hybridized carbons (Fsp3) is 0.200. The van der Waals surface area contributed by atoms with E-state index in [1.54, 1.807) is 48.9 Å². The highest BCUT2D eigenvalue weighted by molar-refractivity contribution is 7.17. The lowest BCUT2D eigenvalue weighted by Crippen LogP contribution is -2.41. The summed E-state index contributed by atoms with van der Waals surface area (Å²) < 4.78 is 8.02. The summed E-state index contributed by atoms with van der Waals surface area (Å²) >= 11 is 1.24. The Hall–Kier alpha value is -3.66. The van der Waals surface area contributed by atoms with E-state index in [1.165, 1.54) is 15.9 Å². The van der Waals surface area contributed by atoms with Gasteiger partial charge in [-0.05, 0) is 36.1 Å². The number of aryl methyl sites for hydroxylation is 1. The van der Waals surface area contributed by atoms with Gasteiger partial charge in [0.2, 0.25) is 5.91 Å². The van der Waals surface area contributed by atoms with Crippen molar-refractivity contribution in [3.63, 3.8) is 0 Å². The summed E-state index contributed by atoms with van der Waals surface area (Å²) in [6.07, 6.45) is 0. The Morgan fingerprint density at radius 2 is 1.97 bits per heavy atom. The minimum absolute atomic E-state index is 0.0929. The molecule has 0 bridgehead atoms. The highest BCUT2D eigenvalue weighted by Crippen LogP contribution is 2.16. The molecule has 0 spiro atoms. The monoisotopic (exact) mass is 425 g/mol. The molecule has 3 heterocycles. The smallest absolute Gasteiger partial charge is 0.332 e. The molecule has 154 valence electrons. The van der Waals surface area contributed by atoms with Crippen LogP contribution in [0.1, 0.15) is 11.3 Å². The molecule has 0 radical (unpaired) electrons. The molecule has 0 aliphatic rings. The van der Waals surface area contributed by atoms with Crippen molar-refractivity contribution in [3.05, 3.63) is 73.9 Å². The molecule has 0 saturated heterocycles. The highest BCUT2D eigenvalue weighted by Gasteiger charge is 2.17. The molecule has 0 fully saturated rings. The van der Waals surface area contributed by atoms with Crippen LogP contribution >= 0.6 is 11.3 Å². The first-order chi connectivity index (χ1) is 14.5. The van der Waals surface area contributed by atoms with Gasteiger partial charge in [0.1, 0.15) is 17.0 Å². The third kappa shape index (κ3) is 3.77. The Kier molecular flexibility index (Phi) is 5.23. The molecule has 0 aliphatic heterocycles. The number of aromatic nitrogens is 4. The third-order valence-electron chi connectivity index (χ3n) is 4.61. The summed E-state index contributed by atoms with van der Waals surface area (Å²) in [5.74, 6) is 0.645. The molecule has 30 heavy (non-hydrogen) atoms. The van der Waals surface area contributed by atoms with E-state index < -0.39 is 11.6 Å². The van der Waals surface area contributed by atoms with Crippen molar-refractivity contribution in [2.24, 2.45) is 0 Å². The molecule has 4 aromatic rings. The summed E-state index contributed by atoms with van der Waals surface area (Å²) in [5.41, 5.74) is 1.09. The minimum atomic E-state index is -0.546. The summed E-state index contributed by atoms with van der Waals surface area (Å²) in [6, 6.07) is 10.5. The topological polar surface area (TPSA) is 111 Å². The molecule has 0 saturated carbocycles. The second-order valence-electron chi connectivity index (χ2n) is 6.73. The zero-order chi connectivity index (χ0) is 21.3. The van der Waals surface area contributed by atoms with Gasteiger partial charge in [0.05, 0.1) is 19.2 Å². The molecule has 1 amide bonds. The highest BCUT2D eigenvalue weighted by atomic mass is 32.1. The van der Waals surface area contributed by atoms with Gasteiger partial charge < -0.3 is 10.1 Å². The lowest BCUT2D eigenvalue weighted by molar-refractivity contribution is -0.116. The van der Waals surface area contributed by atoms with Crippen molar-refractivity contribution in [2.75, 3.05) is 12.4 Å². The van der Waals surface area contributed by atoms with Gasteiger partial charge in [0, 0.05) is 11.8 Å². The Morgan fingerprint density at radius 1 is 1.20 bits per heavy atom. The number of ether oxygens (including phenoxy) is 1. The minimum Gasteiger partial charge on any atom is -0.497 e. The molecule has 0 atom stereocenters. The normalized spacial score (nSPS) is 11.0. The molecular weight excluding hydrogens is 406 g/mol. The number of benzene rings is 1. The van der Waals surface area contributed by atoms with Crippen LogP contribution in [0.4, 0.5) is 5.82 Å². The van der Waals surface area contributed by atoms with Gasteiger partial charge in [-0.3, -0.25) is 23.8 Å². The summed E-state index contributed by atoms with van der Waals surface area (Å²) in [5, 5.41) is 11.1. The number of nitrogens with one attached hydrogen (secondary N) is 2. The average Bonchev–Trinajstić information content (AvgIpc) is 3.38. The molecular formula is C20H19N5O4S. The van der Waals surface area contributed by atoms with Crippen molar-refractivity contribution in [1.29, 1.82) is 0 Å². The molecule has 0 aliphatic carbocycles. The van der Waals surface area contributed by atoms with Crippen molar-refractivity contribution in [1.82, 2.24) is 19.3 Å². The van der Waals surface area contributed by atoms with E-state index in [9.17, 15) is 14.4 Å². The number of nitrogens with zero attached hydrogens (tertiary/aromatic N) is 3. The predicted octanol–water partition coefficient (Wildman–Crippen LogP) is 1.95. The van der Waals surface area contributed by atoms with Crippen LogP contribution in [0.25, 0.3) is 10.2 Å². The first kappa shape index (κ1) is 19.6. The zero-order valence-electron chi connectivity index (χ0n) is 16.3. The van der Waals surface area contributed by atoms with Gasteiger partial charge in [-0.1, -0.05) is 12.1 Å². The molecule has 2 N–H and O–H groups in total. The first-order valence-corrected chi connectivity index (χ1v) is 10.00. The number of carbonyl (C=O) groups excluding carboxylic acids is 1. The number of anilines is 1. The molecule has 4 rings (SSSR count). The molecule has 1 aromatic carbocycles. The maximum absolute atomic E-state index is 13.1. The van der Waals surface area contributed by atoms with Gasteiger partial charge in [0.15, 0.2) is 5.82 Å². The fourth-order valence-electron chi connectivity index (χ4n) is 3.15. The van der Waals surface area contributed by atoms with Gasteiger partial charge in [-0.2, -0.15) is 5.10 Å². The maximum atomic E-state index is 13.1. The Bertz CT molecular complexity index is 1330. The SMILES string of the molecule is COc1ccc(Cn2c(=O)c3sccc3n(CC(=O)Nc3cc(C)[nH]n3)c2=O)cc1. The van der Waals surface area contributed by atoms with Crippen LogP contribution in [0, 0.1) is 6.92 Å². The fourth-order valence-corrected chi connectivity index (χ4v) is 3.99. The maximum Gasteiger partial charge on any atom is 0.332 e. The lowest BCUT2D eigenvalue weighted by Gasteiger charge is -2.12. The van der Waals surface area contributed by atoms with E-state index >= 15 is 0 Å². The van der Waals surface area contributed by atoms with E-state index in [0.717, 1.165) is 15.8 Å². The lowest BCUT2D eigenvalue weighted by atomic mass is 10.2. The predicted molar refractivity (Wildman–Crippen MR) is 114 cm³/mol. The van der Waals surface area contributed by atoms with E-state index in [-0.39, 0.29) is 18.6 Å². The number of fused-ring (bicyclic) bond motifs is 1. The van der Waals surface area contributed by atoms with Crippen LogP contribution in [0.5, 0.6) is 5.75 Å². The number of amides is 1. The van der Waals surface area contributed by atoms with Gasteiger partial charge in [0.25, 0.3) is 5.56 Å². The summed E-state index contributed by atoms with van der Waals surface area (Å²) in [6.45, 7) is 1.67. The summed E-state index contributed by atoms with van der Waals surface area (Å²) in [7, 11) is 1.57. The van der Waals surface area contributed by atoms with Crippen LogP contribution < -0.4 is 21.3 Å². The molecule has 10 heteroatoms. The zero-order valence-corrected chi connectivity index (χ0v) is 17.2. The van der Waals surface area contributed by atoms with Crippen molar-refractivity contribution >= 4 is 33.3 Å². The van der Waals surface area contributed by atoms with Crippen LogP contribution in [0.15, 0.2) is 51.4 Å². The second-order valence-corrected chi connectivity index (χ2v) is 7.64. The number of aromatic amines is 1. The van der Waals surface area contributed by atoms with Crippen LogP contribution in [-0.4, -0.2) is 32.3 Å². The largest absolute Gasteiger partial charge is 0.497 e. The van der Waals surface area contributed by atoms with Crippen molar-refractivity contribution in [2.45, 2.75) is 20.0 Å². The van der Waals surface area contributed by atoms with Gasteiger partial charge in [-0.25, -0.2) is 4.79 Å². The molecule has 9 nitrogen and oxygen atoms in total. The number of methoxy groups -OCH3 is 1.